The van der Waals surface area contributed by atoms with Gasteiger partial charge in [0.2, 0.25) is 5.91 Å². The minimum absolute atomic E-state index is 0.0635. The zero-order valence-corrected chi connectivity index (χ0v) is 16.1. The first-order chi connectivity index (χ1) is 12.6. The second-order valence-electron chi connectivity index (χ2n) is 6.38. The van der Waals surface area contributed by atoms with Crippen LogP contribution in [0.1, 0.15) is 22.4 Å². The number of nitrogens with one attached hydrogen (secondary N) is 1. The summed E-state index contributed by atoms with van der Waals surface area (Å²) < 4.78 is 0. The van der Waals surface area contributed by atoms with Crippen molar-refractivity contribution in [2.24, 2.45) is 0 Å². The number of carbonyl (C=O) groups excluding carboxylic acids is 1. The van der Waals surface area contributed by atoms with E-state index in [9.17, 15) is 4.79 Å². The van der Waals surface area contributed by atoms with Crippen LogP contribution in [0.2, 0.25) is 0 Å². The molecular weight excluding hydrogens is 340 g/mol. The van der Waals surface area contributed by atoms with E-state index >= 15 is 0 Å². The van der Waals surface area contributed by atoms with Crippen LogP contribution < -0.4 is 5.32 Å². The molecule has 0 saturated carbocycles. The van der Waals surface area contributed by atoms with Gasteiger partial charge in [0.1, 0.15) is 0 Å². The molecule has 1 aromatic heterocycles. The van der Waals surface area contributed by atoms with Gasteiger partial charge in [-0.25, -0.2) is 0 Å². The Morgan fingerprint density at radius 1 is 1.04 bits per heavy atom. The maximum Gasteiger partial charge on any atom is 0.224 e. The van der Waals surface area contributed by atoms with Crippen LogP contribution in [0.4, 0.5) is 0 Å². The standard InChI is InChI=1S/C22H24N2OS/c1-16-19-10-6-7-11-21(19)24-17(2)20(16)14-22(25)23-12-13-26-15-18-8-4-3-5-9-18/h3-11H,12-15H2,1-2H3,(H,23,25). The van der Waals surface area contributed by atoms with E-state index in [0.717, 1.165) is 39.2 Å². The molecule has 0 fully saturated rings. The van der Waals surface area contributed by atoms with E-state index in [2.05, 4.69) is 47.6 Å². The van der Waals surface area contributed by atoms with Crippen molar-refractivity contribution in [3.8, 4) is 0 Å². The number of carbonyl (C=O) groups is 1. The summed E-state index contributed by atoms with van der Waals surface area (Å²) in [5.74, 6) is 1.95. The largest absolute Gasteiger partial charge is 0.355 e. The summed E-state index contributed by atoms with van der Waals surface area (Å²) in [5, 5.41) is 4.16. The quantitative estimate of drug-likeness (QED) is 0.630. The van der Waals surface area contributed by atoms with Crippen LogP contribution in [0.15, 0.2) is 54.6 Å². The lowest BCUT2D eigenvalue weighted by Gasteiger charge is -2.12. The summed E-state index contributed by atoms with van der Waals surface area (Å²) in [6.07, 6.45) is 0.388. The number of fused-ring (bicyclic) bond motifs is 1. The van der Waals surface area contributed by atoms with Gasteiger partial charge >= 0.3 is 0 Å². The Morgan fingerprint density at radius 2 is 1.77 bits per heavy atom. The molecule has 1 N–H and O–H groups in total. The second-order valence-corrected chi connectivity index (χ2v) is 7.49. The van der Waals surface area contributed by atoms with Gasteiger partial charge in [-0.2, -0.15) is 11.8 Å². The van der Waals surface area contributed by atoms with Crippen molar-refractivity contribution in [2.75, 3.05) is 12.3 Å². The molecule has 4 heteroatoms. The van der Waals surface area contributed by atoms with Crippen LogP contribution in [0.25, 0.3) is 10.9 Å². The summed E-state index contributed by atoms with van der Waals surface area (Å²) in [6.45, 7) is 4.75. The highest BCUT2D eigenvalue weighted by molar-refractivity contribution is 7.98. The maximum atomic E-state index is 12.3. The first-order valence-electron chi connectivity index (χ1n) is 8.88. The highest BCUT2D eigenvalue weighted by atomic mass is 32.2. The van der Waals surface area contributed by atoms with E-state index in [4.69, 9.17) is 0 Å². The number of para-hydroxylation sites is 1. The number of thioether (sulfide) groups is 1. The topological polar surface area (TPSA) is 42.0 Å². The van der Waals surface area contributed by atoms with Crippen LogP contribution >= 0.6 is 11.8 Å². The number of aryl methyl sites for hydroxylation is 2. The summed E-state index contributed by atoms with van der Waals surface area (Å²) in [4.78, 5) is 17.0. The fourth-order valence-corrected chi connectivity index (χ4v) is 3.90. The number of hydrogen-bond donors (Lipinski definition) is 1. The Labute approximate surface area is 159 Å². The van der Waals surface area contributed by atoms with Crippen LogP contribution in [0, 0.1) is 13.8 Å². The average Bonchev–Trinajstić information content (AvgIpc) is 2.66. The molecule has 0 saturated heterocycles. The van der Waals surface area contributed by atoms with Gasteiger partial charge in [0.05, 0.1) is 11.9 Å². The maximum absolute atomic E-state index is 12.3. The van der Waals surface area contributed by atoms with Crippen molar-refractivity contribution in [1.82, 2.24) is 10.3 Å². The van der Waals surface area contributed by atoms with Crippen LogP contribution in [-0.2, 0) is 17.0 Å². The van der Waals surface area contributed by atoms with E-state index in [-0.39, 0.29) is 5.91 Å². The average molecular weight is 365 g/mol. The van der Waals surface area contributed by atoms with Crippen molar-refractivity contribution in [1.29, 1.82) is 0 Å². The Kier molecular flexibility index (Phi) is 6.29. The lowest BCUT2D eigenvalue weighted by atomic mass is 9.99. The summed E-state index contributed by atoms with van der Waals surface area (Å²) >= 11 is 1.84. The van der Waals surface area contributed by atoms with E-state index in [1.165, 1.54) is 5.56 Å². The van der Waals surface area contributed by atoms with Gasteiger partial charge in [0.25, 0.3) is 0 Å². The molecule has 0 aliphatic heterocycles. The van der Waals surface area contributed by atoms with Crippen molar-refractivity contribution in [3.63, 3.8) is 0 Å². The SMILES string of the molecule is Cc1nc2ccccc2c(C)c1CC(=O)NCCSCc1ccccc1. The van der Waals surface area contributed by atoms with Gasteiger partial charge < -0.3 is 5.32 Å². The van der Waals surface area contributed by atoms with E-state index < -0.39 is 0 Å². The number of aromatic nitrogens is 1. The molecule has 1 heterocycles. The van der Waals surface area contributed by atoms with Crippen LogP contribution in [-0.4, -0.2) is 23.2 Å². The lowest BCUT2D eigenvalue weighted by molar-refractivity contribution is -0.120. The monoisotopic (exact) mass is 364 g/mol. The summed E-state index contributed by atoms with van der Waals surface area (Å²) in [5.41, 5.74) is 5.44. The molecule has 134 valence electrons. The molecule has 26 heavy (non-hydrogen) atoms. The first kappa shape index (κ1) is 18.5. The number of hydrogen-bond acceptors (Lipinski definition) is 3. The minimum Gasteiger partial charge on any atom is -0.355 e. The van der Waals surface area contributed by atoms with Gasteiger partial charge in [0.15, 0.2) is 0 Å². The van der Waals surface area contributed by atoms with Crippen LogP contribution in [0.5, 0.6) is 0 Å². The van der Waals surface area contributed by atoms with E-state index in [0.29, 0.717) is 13.0 Å². The third kappa shape index (κ3) is 4.64. The predicted molar refractivity (Wildman–Crippen MR) is 111 cm³/mol. The fraction of sp³-hybridized carbons (Fsp3) is 0.273. The fourth-order valence-electron chi connectivity index (χ4n) is 3.08. The van der Waals surface area contributed by atoms with Gasteiger partial charge in [0, 0.05) is 29.1 Å². The Bertz CT molecular complexity index is 893. The van der Waals surface area contributed by atoms with Crippen molar-refractivity contribution in [2.45, 2.75) is 26.0 Å². The van der Waals surface area contributed by atoms with Gasteiger partial charge in [-0.1, -0.05) is 48.5 Å². The lowest BCUT2D eigenvalue weighted by Crippen LogP contribution is -2.28. The van der Waals surface area contributed by atoms with Gasteiger partial charge in [-0.3, -0.25) is 9.78 Å². The van der Waals surface area contributed by atoms with Gasteiger partial charge in [-0.15, -0.1) is 0 Å². The number of rotatable bonds is 7. The molecule has 0 atom stereocenters. The smallest absolute Gasteiger partial charge is 0.224 e. The number of pyridine rings is 1. The molecule has 0 spiro atoms. The molecule has 3 rings (SSSR count). The third-order valence-electron chi connectivity index (χ3n) is 4.50. The highest BCUT2D eigenvalue weighted by Gasteiger charge is 2.12. The second kappa shape index (κ2) is 8.86. The molecule has 3 nitrogen and oxygen atoms in total. The summed E-state index contributed by atoms with van der Waals surface area (Å²) in [7, 11) is 0. The van der Waals surface area contributed by atoms with Gasteiger partial charge in [-0.05, 0) is 36.6 Å². The van der Waals surface area contributed by atoms with Crippen molar-refractivity contribution < 1.29 is 4.79 Å². The Balaban J connectivity index is 1.51. The Morgan fingerprint density at radius 3 is 2.58 bits per heavy atom. The molecule has 2 aromatic carbocycles. The molecule has 0 aliphatic rings. The molecule has 1 amide bonds. The zero-order chi connectivity index (χ0) is 18.4. The predicted octanol–water partition coefficient (Wildman–Crippen LogP) is 4.44. The molecule has 3 aromatic rings. The molecule has 0 aliphatic carbocycles. The molecule has 0 radical (unpaired) electrons. The number of amides is 1. The van der Waals surface area contributed by atoms with E-state index in [1.807, 2.05) is 43.0 Å². The van der Waals surface area contributed by atoms with Crippen LogP contribution in [0.3, 0.4) is 0 Å². The zero-order valence-electron chi connectivity index (χ0n) is 15.3. The highest BCUT2D eigenvalue weighted by Crippen LogP contribution is 2.22. The van der Waals surface area contributed by atoms with Crippen molar-refractivity contribution in [3.05, 3.63) is 77.0 Å². The molecule has 0 bridgehead atoms. The minimum atomic E-state index is 0.0635. The molecular formula is C22H24N2OS. The number of benzene rings is 2. The number of nitrogens with zero attached hydrogens (tertiary/aromatic N) is 1. The molecule has 0 unspecified atom stereocenters. The summed E-state index contributed by atoms with van der Waals surface area (Å²) in [6, 6.07) is 18.5. The third-order valence-corrected chi connectivity index (χ3v) is 5.53. The normalized spacial score (nSPS) is 10.8. The first-order valence-corrected chi connectivity index (χ1v) is 10.0. The Hall–Kier alpha value is -2.33. The van der Waals surface area contributed by atoms with Crippen molar-refractivity contribution >= 4 is 28.6 Å². The van der Waals surface area contributed by atoms with E-state index in [1.54, 1.807) is 0 Å².